The summed E-state index contributed by atoms with van der Waals surface area (Å²) >= 11 is 5.87. The van der Waals surface area contributed by atoms with Crippen molar-refractivity contribution < 1.29 is 21.6 Å². The Morgan fingerprint density at radius 3 is 2.30 bits per heavy atom. The summed E-state index contributed by atoms with van der Waals surface area (Å²) in [4.78, 5) is 11.2. The van der Waals surface area contributed by atoms with Crippen LogP contribution in [0.4, 0.5) is 5.69 Å². The highest BCUT2D eigenvalue weighted by molar-refractivity contribution is 7.96. The fraction of sp³-hybridized carbons (Fsp3) is 0.350. The van der Waals surface area contributed by atoms with Gasteiger partial charge in [-0.05, 0) is 54.9 Å². The third-order valence-electron chi connectivity index (χ3n) is 4.94. The number of hydrogen-bond acceptors (Lipinski definition) is 6. The van der Waals surface area contributed by atoms with E-state index in [2.05, 4.69) is 10.6 Å². The zero-order valence-electron chi connectivity index (χ0n) is 16.3. The van der Waals surface area contributed by atoms with E-state index in [1.165, 1.54) is 31.2 Å². The van der Waals surface area contributed by atoms with Gasteiger partial charge in [0.1, 0.15) is 0 Å². The first-order valence-electron chi connectivity index (χ1n) is 9.37. The highest BCUT2D eigenvalue weighted by atomic mass is 35.5. The van der Waals surface area contributed by atoms with Crippen LogP contribution in [0.25, 0.3) is 0 Å². The molecule has 30 heavy (non-hydrogen) atoms. The molecule has 0 bridgehead atoms. The summed E-state index contributed by atoms with van der Waals surface area (Å²) < 4.78 is 50.7. The number of amides is 1. The van der Waals surface area contributed by atoms with Gasteiger partial charge in [-0.2, -0.15) is 0 Å². The van der Waals surface area contributed by atoms with Crippen LogP contribution in [0.5, 0.6) is 0 Å². The van der Waals surface area contributed by atoms with Gasteiger partial charge in [-0.3, -0.25) is 4.79 Å². The molecule has 3 rings (SSSR count). The number of sulfone groups is 2. The van der Waals surface area contributed by atoms with Crippen LogP contribution in [0, 0.1) is 0 Å². The molecule has 0 aliphatic carbocycles. The standard InChI is InChI=1S/C20H23ClN2O5S2/c1-14(24)23-17-6-8-18(9-7-17)30(27,28)20-13-29(25,26)12-19(20)22-11-10-15-2-4-16(21)5-3-15/h2-9,19-20,22H,10-13H2,1H3,(H,23,24). The number of halogens is 1. The lowest BCUT2D eigenvalue weighted by atomic mass is 10.1. The Morgan fingerprint density at radius 2 is 1.70 bits per heavy atom. The summed E-state index contributed by atoms with van der Waals surface area (Å²) in [5.74, 6) is -0.902. The van der Waals surface area contributed by atoms with Crippen molar-refractivity contribution in [1.82, 2.24) is 5.32 Å². The van der Waals surface area contributed by atoms with E-state index in [-0.39, 0.29) is 16.6 Å². The molecular weight excluding hydrogens is 448 g/mol. The van der Waals surface area contributed by atoms with E-state index in [9.17, 15) is 21.6 Å². The molecule has 0 spiro atoms. The van der Waals surface area contributed by atoms with Crippen molar-refractivity contribution in [3.8, 4) is 0 Å². The topological polar surface area (TPSA) is 109 Å². The van der Waals surface area contributed by atoms with Crippen molar-refractivity contribution in [2.75, 3.05) is 23.4 Å². The molecule has 0 saturated carbocycles. The number of carbonyl (C=O) groups excluding carboxylic acids is 1. The zero-order valence-corrected chi connectivity index (χ0v) is 18.7. The Kier molecular flexibility index (Phi) is 6.86. The molecule has 2 aromatic carbocycles. The molecule has 1 aliphatic heterocycles. The first kappa shape index (κ1) is 22.7. The maximum absolute atomic E-state index is 13.1. The number of carbonyl (C=O) groups is 1. The minimum absolute atomic E-state index is 0.0307. The lowest BCUT2D eigenvalue weighted by Gasteiger charge is -2.20. The minimum Gasteiger partial charge on any atom is -0.326 e. The quantitative estimate of drug-likeness (QED) is 0.641. The highest BCUT2D eigenvalue weighted by Gasteiger charge is 2.45. The van der Waals surface area contributed by atoms with E-state index >= 15 is 0 Å². The lowest BCUT2D eigenvalue weighted by Crippen LogP contribution is -2.44. The van der Waals surface area contributed by atoms with Gasteiger partial charge in [-0.25, -0.2) is 16.8 Å². The van der Waals surface area contributed by atoms with Gasteiger partial charge in [0.15, 0.2) is 19.7 Å². The molecule has 1 amide bonds. The van der Waals surface area contributed by atoms with Crippen molar-refractivity contribution in [3.05, 3.63) is 59.1 Å². The number of anilines is 1. The SMILES string of the molecule is CC(=O)Nc1ccc(S(=O)(=O)C2CS(=O)(=O)CC2NCCc2ccc(Cl)cc2)cc1. The molecule has 2 atom stereocenters. The van der Waals surface area contributed by atoms with Gasteiger partial charge >= 0.3 is 0 Å². The Bertz CT molecular complexity index is 1110. The molecule has 0 radical (unpaired) electrons. The normalized spacial score (nSPS) is 20.7. The van der Waals surface area contributed by atoms with Crippen LogP contribution in [0.3, 0.4) is 0 Å². The van der Waals surface area contributed by atoms with Crippen LogP contribution in [0.2, 0.25) is 5.02 Å². The summed E-state index contributed by atoms with van der Waals surface area (Å²) in [5.41, 5.74) is 1.49. The molecule has 1 heterocycles. The van der Waals surface area contributed by atoms with Gasteiger partial charge < -0.3 is 10.6 Å². The number of nitrogens with one attached hydrogen (secondary N) is 2. The number of rotatable bonds is 7. The van der Waals surface area contributed by atoms with Crippen LogP contribution in [0.1, 0.15) is 12.5 Å². The Hall–Kier alpha value is -1.94. The van der Waals surface area contributed by atoms with Gasteiger partial charge in [0.25, 0.3) is 0 Å². The van der Waals surface area contributed by atoms with E-state index in [4.69, 9.17) is 11.6 Å². The van der Waals surface area contributed by atoms with E-state index in [0.29, 0.717) is 23.7 Å². The maximum Gasteiger partial charge on any atom is 0.221 e. The Labute approximate surface area is 181 Å². The van der Waals surface area contributed by atoms with E-state index in [0.717, 1.165) is 5.56 Å². The second-order valence-electron chi connectivity index (χ2n) is 7.30. The molecule has 162 valence electrons. The fourth-order valence-electron chi connectivity index (χ4n) is 3.47. The molecule has 1 fully saturated rings. The summed E-state index contributed by atoms with van der Waals surface area (Å²) in [6, 6.07) is 12.3. The van der Waals surface area contributed by atoms with Crippen LogP contribution in [0.15, 0.2) is 53.4 Å². The molecule has 2 N–H and O–H groups in total. The van der Waals surface area contributed by atoms with Gasteiger partial charge in [0.2, 0.25) is 5.91 Å². The average Bonchev–Trinajstić information content (AvgIpc) is 2.99. The highest BCUT2D eigenvalue weighted by Crippen LogP contribution is 2.27. The van der Waals surface area contributed by atoms with Crippen LogP contribution in [-0.2, 0) is 30.9 Å². The molecule has 2 unspecified atom stereocenters. The molecule has 0 aromatic heterocycles. The predicted octanol–water partition coefficient (Wildman–Crippen LogP) is 2.07. The molecule has 2 aromatic rings. The predicted molar refractivity (Wildman–Crippen MR) is 117 cm³/mol. The molecule has 1 aliphatic rings. The second kappa shape index (κ2) is 9.05. The van der Waals surface area contributed by atoms with E-state index < -0.39 is 36.7 Å². The van der Waals surface area contributed by atoms with E-state index in [1.54, 1.807) is 12.1 Å². The summed E-state index contributed by atoms with van der Waals surface area (Å²) in [7, 11) is -7.35. The maximum atomic E-state index is 13.1. The third-order valence-corrected chi connectivity index (χ3v) is 9.35. The molecule has 7 nitrogen and oxygen atoms in total. The minimum atomic E-state index is -3.88. The van der Waals surface area contributed by atoms with Crippen molar-refractivity contribution >= 4 is 42.9 Å². The average molecular weight is 471 g/mol. The molecular formula is C20H23ClN2O5S2. The van der Waals surface area contributed by atoms with Gasteiger partial charge in [0.05, 0.1) is 21.7 Å². The largest absolute Gasteiger partial charge is 0.326 e. The van der Waals surface area contributed by atoms with Crippen LogP contribution in [-0.4, -0.2) is 52.1 Å². The summed E-state index contributed by atoms with van der Waals surface area (Å²) in [5, 5.41) is 5.25. The zero-order chi connectivity index (χ0) is 21.9. The summed E-state index contributed by atoms with van der Waals surface area (Å²) in [6.45, 7) is 1.80. The van der Waals surface area contributed by atoms with Crippen molar-refractivity contribution in [3.63, 3.8) is 0 Å². The second-order valence-corrected chi connectivity index (χ2v) is 12.1. The first-order chi connectivity index (χ1) is 14.1. The Morgan fingerprint density at radius 1 is 1.07 bits per heavy atom. The summed E-state index contributed by atoms with van der Waals surface area (Å²) in [6.07, 6.45) is 0.617. The first-order valence-corrected chi connectivity index (χ1v) is 13.1. The fourth-order valence-corrected chi connectivity index (χ4v) is 8.31. The van der Waals surface area contributed by atoms with Gasteiger partial charge in [-0.15, -0.1) is 0 Å². The van der Waals surface area contributed by atoms with Gasteiger partial charge in [-0.1, -0.05) is 23.7 Å². The van der Waals surface area contributed by atoms with Crippen molar-refractivity contribution in [1.29, 1.82) is 0 Å². The smallest absolute Gasteiger partial charge is 0.221 e. The van der Waals surface area contributed by atoms with Gasteiger partial charge in [0, 0.05) is 23.7 Å². The number of benzene rings is 2. The third kappa shape index (κ3) is 5.60. The van der Waals surface area contributed by atoms with Crippen molar-refractivity contribution in [2.45, 2.75) is 29.5 Å². The van der Waals surface area contributed by atoms with Crippen LogP contribution < -0.4 is 10.6 Å². The van der Waals surface area contributed by atoms with Crippen molar-refractivity contribution in [2.24, 2.45) is 0 Å². The molecule has 1 saturated heterocycles. The number of hydrogen-bond donors (Lipinski definition) is 2. The van der Waals surface area contributed by atoms with E-state index in [1.807, 2.05) is 12.1 Å². The van der Waals surface area contributed by atoms with Crippen LogP contribution >= 0.6 is 11.6 Å². The lowest BCUT2D eigenvalue weighted by molar-refractivity contribution is -0.114. The Balaban J connectivity index is 1.73. The monoisotopic (exact) mass is 470 g/mol. The molecule has 10 heteroatoms.